The number of amides is 1. The van der Waals surface area contributed by atoms with E-state index in [2.05, 4.69) is 10.3 Å². The number of aliphatic hydroxyl groups is 3. The molecule has 2 fully saturated rings. The van der Waals surface area contributed by atoms with Crippen molar-refractivity contribution in [2.45, 2.75) is 74.8 Å². The van der Waals surface area contributed by atoms with E-state index in [1.54, 1.807) is 18.2 Å². The van der Waals surface area contributed by atoms with Gasteiger partial charge in [0, 0.05) is 12.7 Å². The Labute approximate surface area is 263 Å². The highest BCUT2D eigenvalue weighted by Gasteiger charge is 2.52. The predicted molar refractivity (Wildman–Crippen MR) is 155 cm³/mol. The molecule has 1 aliphatic heterocycles. The number of hydrogen-bond acceptors (Lipinski definition) is 10. The van der Waals surface area contributed by atoms with Gasteiger partial charge in [-0.05, 0) is 37.1 Å². The van der Waals surface area contributed by atoms with E-state index in [9.17, 15) is 33.3 Å². The van der Waals surface area contributed by atoms with Crippen LogP contribution in [0.5, 0.6) is 11.5 Å². The van der Waals surface area contributed by atoms with Crippen LogP contribution in [0.3, 0.4) is 0 Å². The van der Waals surface area contributed by atoms with Gasteiger partial charge in [-0.3, -0.25) is 4.79 Å². The fourth-order valence-electron chi connectivity index (χ4n) is 6.35. The molecule has 2 aliphatic rings. The Morgan fingerprint density at radius 1 is 1.07 bits per heavy atom. The van der Waals surface area contributed by atoms with E-state index in [1.165, 1.54) is 32.4 Å². The molecule has 2 aromatic carbocycles. The normalized spacial score (nSPS) is 26.5. The van der Waals surface area contributed by atoms with Gasteiger partial charge in [0.1, 0.15) is 41.5 Å². The maximum atomic E-state index is 14.6. The van der Waals surface area contributed by atoms with Gasteiger partial charge in [0.2, 0.25) is 0 Å². The predicted octanol–water partition coefficient (Wildman–Crippen LogP) is 2.39. The molecule has 3 aromatic rings. The molecule has 1 saturated heterocycles. The second-order valence-corrected chi connectivity index (χ2v) is 11.3. The number of halogens is 3. The number of ether oxygens (including phenoxy) is 4. The molecule has 3 N–H and O–H groups in total. The van der Waals surface area contributed by atoms with Crippen LogP contribution < -0.4 is 9.47 Å². The molecule has 15 heteroatoms. The van der Waals surface area contributed by atoms with Crippen molar-refractivity contribution in [3.05, 3.63) is 59.5 Å². The molecule has 5 unspecified atom stereocenters. The average molecular weight is 651 g/mol. The van der Waals surface area contributed by atoms with Gasteiger partial charge in [-0.2, -0.15) is 0 Å². The summed E-state index contributed by atoms with van der Waals surface area (Å²) in [5, 5.41) is 40.5. The van der Waals surface area contributed by atoms with E-state index in [1.807, 2.05) is 0 Å². The van der Waals surface area contributed by atoms with E-state index in [0.29, 0.717) is 29.9 Å². The smallest absolute Gasteiger partial charge is 0.255 e. The Kier molecular flexibility index (Phi) is 10.5. The number of methoxy groups -OCH3 is 3. The lowest BCUT2D eigenvalue weighted by atomic mass is 9.88. The van der Waals surface area contributed by atoms with Crippen molar-refractivity contribution < 1.29 is 52.2 Å². The second-order valence-electron chi connectivity index (χ2n) is 11.3. The highest BCUT2D eigenvalue weighted by atomic mass is 19.2. The van der Waals surface area contributed by atoms with Crippen LogP contribution in [-0.4, -0.2) is 106 Å². The third-order valence-electron chi connectivity index (χ3n) is 8.71. The zero-order chi connectivity index (χ0) is 33.1. The van der Waals surface area contributed by atoms with Crippen molar-refractivity contribution in [3.8, 4) is 22.8 Å². The number of hydrogen-bond donors (Lipinski definition) is 3. The van der Waals surface area contributed by atoms with Crippen LogP contribution in [0.15, 0.2) is 36.5 Å². The van der Waals surface area contributed by atoms with Crippen LogP contribution in [-0.2, 0) is 20.8 Å². The number of carbonyl (C=O) groups is 1. The number of benzene rings is 2. The quantitative estimate of drug-likeness (QED) is 0.280. The Balaban J connectivity index is 1.54. The zero-order valence-corrected chi connectivity index (χ0v) is 25.6. The summed E-state index contributed by atoms with van der Waals surface area (Å²) in [6, 6.07) is 4.90. The lowest BCUT2D eigenvalue weighted by Gasteiger charge is -2.46. The molecule has 1 amide bonds. The van der Waals surface area contributed by atoms with Crippen molar-refractivity contribution >= 4 is 5.91 Å². The molecular weight excluding hydrogens is 613 g/mol. The summed E-state index contributed by atoms with van der Waals surface area (Å²) in [4.78, 5) is 16.1. The number of rotatable bonds is 10. The summed E-state index contributed by atoms with van der Waals surface area (Å²) in [6.07, 6.45) is -2.44. The standard InChI is InChI=1S/C31H37F3N4O8/c1-43-23-9-6-10-24(44-2)17(23)13-37(21-7-4-5-8-22(21)40)31(42)30-29(45-3)27(28(41)25(15-39)46-30)38-14-20(35-36-38)16-11-18(32)26(34)19(33)12-16/h6,9-12,14,21-22,25,27-30,39-41H,4-5,7-8,13,15H2,1-3H3/t21-,22-,25?,27?,28?,29?,30?/m0/s1. The monoisotopic (exact) mass is 650 g/mol. The molecule has 12 nitrogen and oxygen atoms in total. The molecular formula is C31H37F3N4O8. The van der Waals surface area contributed by atoms with E-state index in [4.69, 9.17) is 18.9 Å². The van der Waals surface area contributed by atoms with Crippen molar-refractivity contribution in [1.82, 2.24) is 19.9 Å². The number of aliphatic hydroxyl groups excluding tert-OH is 3. The summed E-state index contributed by atoms with van der Waals surface area (Å²) < 4.78 is 65.5. The lowest BCUT2D eigenvalue weighted by Crippen LogP contribution is -2.62. The number of carbonyl (C=O) groups excluding carboxylic acids is 1. The van der Waals surface area contributed by atoms with Crippen LogP contribution in [0.4, 0.5) is 13.2 Å². The molecule has 1 aliphatic carbocycles. The first-order valence-corrected chi connectivity index (χ1v) is 14.9. The van der Waals surface area contributed by atoms with Crippen LogP contribution in [0.25, 0.3) is 11.3 Å². The topological polar surface area (TPSA) is 149 Å². The molecule has 1 aromatic heterocycles. The van der Waals surface area contributed by atoms with Gasteiger partial charge in [-0.15, -0.1) is 5.10 Å². The molecule has 1 saturated carbocycles. The summed E-state index contributed by atoms with van der Waals surface area (Å²) in [7, 11) is 4.28. The van der Waals surface area contributed by atoms with Crippen molar-refractivity contribution in [3.63, 3.8) is 0 Å². The van der Waals surface area contributed by atoms with Gasteiger partial charge >= 0.3 is 0 Å². The van der Waals surface area contributed by atoms with Crippen molar-refractivity contribution in [1.29, 1.82) is 0 Å². The Morgan fingerprint density at radius 3 is 2.30 bits per heavy atom. The average Bonchev–Trinajstić information content (AvgIpc) is 3.55. The Morgan fingerprint density at radius 2 is 1.72 bits per heavy atom. The van der Waals surface area contributed by atoms with Crippen LogP contribution in [0, 0.1) is 17.5 Å². The van der Waals surface area contributed by atoms with Gasteiger partial charge in [0.05, 0.1) is 51.3 Å². The number of aromatic nitrogens is 3. The highest BCUT2D eigenvalue weighted by molar-refractivity contribution is 5.82. The summed E-state index contributed by atoms with van der Waals surface area (Å²) >= 11 is 0. The van der Waals surface area contributed by atoms with Crippen molar-refractivity contribution in [2.75, 3.05) is 27.9 Å². The van der Waals surface area contributed by atoms with E-state index in [-0.39, 0.29) is 17.8 Å². The zero-order valence-electron chi connectivity index (χ0n) is 25.6. The molecule has 46 heavy (non-hydrogen) atoms. The van der Waals surface area contributed by atoms with Gasteiger partial charge < -0.3 is 39.2 Å². The minimum Gasteiger partial charge on any atom is -0.496 e. The van der Waals surface area contributed by atoms with Crippen LogP contribution >= 0.6 is 0 Å². The maximum Gasteiger partial charge on any atom is 0.255 e. The maximum absolute atomic E-state index is 14.6. The van der Waals surface area contributed by atoms with E-state index < -0.39 is 72.6 Å². The first kappa shape index (κ1) is 33.6. The molecule has 0 spiro atoms. The summed E-state index contributed by atoms with van der Waals surface area (Å²) in [5.74, 6) is -4.16. The second kappa shape index (κ2) is 14.3. The minimum atomic E-state index is -1.64. The summed E-state index contributed by atoms with van der Waals surface area (Å²) in [5.41, 5.74) is 0.385. The van der Waals surface area contributed by atoms with Crippen molar-refractivity contribution in [2.24, 2.45) is 0 Å². The molecule has 2 heterocycles. The van der Waals surface area contributed by atoms with Gasteiger partial charge in [-0.1, -0.05) is 24.1 Å². The van der Waals surface area contributed by atoms with E-state index in [0.717, 1.165) is 29.7 Å². The van der Waals surface area contributed by atoms with Gasteiger partial charge in [0.25, 0.3) is 5.91 Å². The van der Waals surface area contributed by atoms with Crippen LogP contribution in [0.2, 0.25) is 0 Å². The highest BCUT2D eigenvalue weighted by Crippen LogP contribution is 2.37. The fourth-order valence-corrected chi connectivity index (χ4v) is 6.35. The van der Waals surface area contributed by atoms with Gasteiger partial charge in [0.15, 0.2) is 23.6 Å². The molecule has 7 atom stereocenters. The Hall–Kier alpha value is -3.76. The third-order valence-corrected chi connectivity index (χ3v) is 8.71. The van der Waals surface area contributed by atoms with Gasteiger partial charge in [-0.25, -0.2) is 17.9 Å². The third kappa shape index (κ3) is 6.42. The largest absolute Gasteiger partial charge is 0.496 e. The Bertz CT molecular complexity index is 1480. The fraction of sp³-hybridized carbons (Fsp3) is 0.516. The SMILES string of the molecule is COc1cccc(OC)c1CN(C(=O)C1OC(CO)C(O)C(n2cc(-c3cc(F)c(F)c(F)c3)nn2)C1OC)[C@H]1CCCC[C@@H]1O. The first-order valence-electron chi connectivity index (χ1n) is 14.9. The molecule has 5 rings (SSSR count). The molecule has 0 radical (unpaired) electrons. The minimum absolute atomic E-state index is 0.0315. The van der Waals surface area contributed by atoms with Crippen LogP contribution in [0.1, 0.15) is 37.3 Å². The number of nitrogens with zero attached hydrogens (tertiary/aromatic N) is 4. The molecule has 250 valence electrons. The lowest BCUT2D eigenvalue weighted by molar-refractivity contribution is -0.219. The first-order chi connectivity index (χ1) is 22.1. The summed E-state index contributed by atoms with van der Waals surface area (Å²) in [6.45, 7) is -0.712. The molecule has 0 bridgehead atoms. The van der Waals surface area contributed by atoms with E-state index >= 15 is 0 Å².